The van der Waals surface area contributed by atoms with Gasteiger partial charge in [-0.15, -0.1) is 0 Å². The molecule has 72 valence electrons. The second-order valence-corrected chi connectivity index (χ2v) is 2.72. The first-order valence-electron chi connectivity index (χ1n) is 3.49. The van der Waals surface area contributed by atoms with Gasteiger partial charge in [0.2, 0.25) is 0 Å². The van der Waals surface area contributed by atoms with Gasteiger partial charge in [-0.3, -0.25) is 0 Å². The topological polar surface area (TPSA) is 90.2 Å². The highest BCUT2D eigenvalue weighted by Gasteiger charge is 2.54. The van der Waals surface area contributed by atoms with E-state index in [1.807, 2.05) is 0 Å². The van der Waals surface area contributed by atoms with Crippen LogP contribution >= 0.6 is 0 Å². The summed E-state index contributed by atoms with van der Waals surface area (Å²) in [6.07, 6.45) is -4.51. The summed E-state index contributed by atoms with van der Waals surface area (Å²) in [4.78, 5) is 0. The van der Waals surface area contributed by atoms with Gasteiger partial charge in [0.1, 0.15) is 24.9 Å². The van der Waals surface area contributed by atoms with Gasteiger partial charge in [0.05, 0.1) is 6.61 Å². The standard InChI is InChI=1S/C6H11FO5/c7-6(2-9)5(11)4(10)3(1-8)12-6/h3-5,8-11H,1-2H2/t3-,4-,5+,6+/m1/s1. The zero-order chi connectivity index (χ0) is 9.35. The van der Waals surface area contributed by atoms with E-state index in [2.05, 4.69) is 4.74 Å². The third-order valence-electron chi connectivity index (χ3n) is 1.89. The molecule has 0 spiro atoms. The highest BCUT2D eigenvalue weighted by atomic mass is 19.2. The monoisotopic (exact) mass is 182 g/mol. The van der Waals surface area contributed by atoms with E-state index < -0.39 is 37.4 Å². The molecule has 0 aromatic heterocycles. The van der Waals surface area contributed by atoms with E-state index in [0.717, 1.165) is 0 Å². The molecule has 1 heterocycles. The first-order chi connectivity index (χ1) is 5.55. The van der Waals surface area contributed by atoms with E-state index >= 15 is 0 Å². The highest BCUT2D eigenvalue weighted by molar-refractivity contribution is 4.95. The Hall–Kier alpha value is -0.270. The molecule has 0 aromatic rings. The van der Waals surface area contributed by atoms with Crippen molar-refractivity contribution in [1.82, 2.24) is 0 Å². The van der Waals surface area contributed by atoms with Crippen LogP contribution in [-0.2, 0) is 4.74 Å². The predicted molar refractivity (Wildman–Crippen MR) is 34.9 cm³/mol. The molecule has 1 fully saturated rings. The van der Waals surface area contributed by atoms with Crippen molar-refractivity contribution in [3.8, 4) is 0 Å². The Morgan fingerprint density at radius 1 is 1.33 bits per heavy atom. The Labute approximate surface area is 68.0 Å². The van der Waals surface area contributed by atoms with Crippen LogP contribution in [0.1, 0.15) is 0 Å². The molecule has 6 heteroatoms. The summed E-state index contributed by atoms with van der Waals surface area (Å²) in [7, 11) is 0. The summed E-state index contributed by atoms with van der Waals surface area (Å²) >= 11 is 0. The zero-order valence-electron chi connectivity index (χ0n) is 6.22. The minimum Gasteiger partial charge on any atom is -0.394 e. The zero-order valence-corrected chi connectivity index (χ0v) is 6.22. The van der Waals surface area contributed by atoms with E-state index in [1.54, 1.807) is 0 Å². The number of alkyl halides is 1. The van der Waals surface area contributed by atoms with Gasteiger partial charge in [0.15, 0.2) is 0 Å². The molecule has 0 aromatic carbocycles. The van der Waals surface area contributed by atoms with Crippen LogP contribution in [0.2, 0.25) is 0 Å². The van der Waals surface area contributed by atoms with Crippen molar-refractivity contribution >= 4 is 0 Å². The quantitative estimate of drug-likeness (QED) is 0.387. The van der Waals surface area contributed by atoms with Gasteiger partial charge < -0.3 is 25.2 Å². The minimum atomic E-state index is -2.66. The molecule has 12 heavy (non-hydrogen) atoms. The van der Waals surface area contributed by atoms with Crippen molar-refractivity contribution in [2.45, 2.75) is 24.2 Å². The lowest BCUT2D eigenvalue weighted by Gasteiger charge is -2.19. The van der Waals surface area contributed by atoms with Crippen molar-refractivity contribution in [2.75, 3.05) is 13.2 Å². The van der Waals surface area contributed by atoms with Crippen LogP contribution in [0.15, 0.2) is 0 Å². The third kappa shape index (κ3) is 1.32. The lowest BCUT2D eigenvalue weighted by molar-refractivity contribution is -0.199. The number of hydrogen-bond donors (Lipinski definition) is 4. The van der Waals surface area contributed by atoms with Gasteiger partial charge in [-0.25, -0.2) is 4.39 Å². The predicted octanol–water partition coefficient (Wildman–Crippen LogP) is -2.24. The first kappa shape index (κ1) is 9.82. The summed E-state index contributed by atoms with van der Waals surface area (Å²) in [6, 6.07) is 0. The molecule has 1 rings (SSSR count). The van der Waals surface area contributed by atoms with E-state index in [0.29, 0.717) is 0 Å². The molecule has 5 nitrogen and oxygen atoms in total. The summed E-state index contributed by atoms with van der Waals surface area (Å²) in [6.45, 7) is -1.66. The maximum absolute atomic E-state index is 13.1. The number of aliphatic hydroxyl groups excluding tert-OH is 4. The molecule has 1 aliphatic heterocycles. The normalized spacial score (nSPS) is 48.2. The first-order valence-corrected chi connectivity index (χ1v) is 3.49. The number of rotatable bonds is 2. The molecule has 4 N–H and O–H groups in total. The molecule has 0 bridgehead atoms. The smallest absolute Gasteiger partial charge is 0.261 e. The van der Waals surface area contributed by atoms with E-state index in [1.165, 1.54) is 0 Å². The molecule has 0 aliphatic carbocycles. The summed E-state index contributed by atoms with van der Waals surface area (Å²) in [5.41, 5.74) is 0. The largest absolute Gasteiger partial charge is 0.394 e. The lowest BCUT2D eigenvalue weighted by Crippen LogP contribution is -2.42. The van der Waals surface area contributed by atoms with Crippen LogP contribution in [0, 0.1) is 0 Å². The second kappa shape index (κ2) is 3.23. The summed E-state index contributed by atoms with van der Waals surface area (Å²) in [5.74, 6) is -2.66. The van der Waals surface area contributed by atoms with Gasteiger partial charge in [0, 0.05) is 0 Å². The average Bonchev–Trinajstić information content (AvgIpc) is 2.31. The number of aliphatic hydroxyl groups is 4. The molecule has 0 amide bonds. The van der Waals surface area contributed by atoms with E-state index in [9.17, 15) is 4.39 Å². The molecule has 0 unspecified atom stereocenters. The number of halogens is 1. The van der Waals surface area contributed by atoms with Crippen LogP contribution in [0.4, 0.5) is 4.39 Å². The van der Waals surface area contributed by atoms with Crippen LogP contribution < -0.4 is 0 Å². The second-order valence-electron chi connectivity index (χ2n) is 2.72. The van der Waals surface area contributed by atoms with Gasteiger partial charge in [-0.1, -0.05) is 0 Å². The molecule has 1 saturated heterocycles. The highest BCUT2D eigenvalue weighted by Crippen LogP contribution is 2.31. The minimum absolute atomic E-state index is 0.607. The fourth-order valence-corrected chi connectivity index (χ4v) is 1.13. The molecule has 4 atom stereocenters. The van der Waals surface area contributed by atoms with Gasteiger partial charge >= 0.3 is 0 Å². The Bertz CT molecular complexity index is 166. The lowest BCUT2D eigenvalue weighted by atomic mass is 10.1. The Morgan fingerprint density at radius 3 is 2.17 bits per heavy atom. The van der Waals surface area contributed by atoms with Crippen molar-refractivity contribution in [1.29, 1.82) is 0 Å². The van der Waals surface area contributed by atoms with Crippen LogP contribution in [0.3, 0.4) is 0 Å². The molecule has 0 saturated carbocycles. The van der Waals surface area contributed by atoms with Gasteiger partial charge in [-0.2, -0.15) is 0 Å². The average molecular weight is 182 g/mol. The van der Waals surface area contributed by atoms with Gasteiger partial charge in [-0.05, 0) is 0 Å². The van der Waals surface area contributed by atoms with Crippen LogP contribution in [0.5, 0.6) is 0 Å². The van der Waals surface area contributed by atoms with Crippen molar-refractivity contribution in [3.05, 3.63) is 0 Å². The van der Waals surface area contributed by atoms with E-state index in [4.69, 9.17) is 20.4 Å². The molecular formula is C6H11FO5. The molecule has 1 aliphatic rings. The Morgan fingerprint density at radius 2 is 1.92 bits per heavy atom. The summed E-state index contributed by atoms with van der Waals surface area (Å²) < 4.78 is 17.5. The van der Waals surface area contributed by atoms with Crippen LogP contribution in [-0.4, -0.2) is 57.8 Å². The number of ether oxygens (including phenoxy) is 1. The fraction of sp³-hybridized carbons (Fsp3) is 1.00. The Balaban J connectivity index is 2.72. The SMILES string of the molecule is OC[C@H]1O[C@@](F)(CO)[C@@H](O)[C@@H]1O. The maximum Gasteiger partial charge on any atom is 0.261 e. The Kier molecular flexibility index (Phi) is 2.64. The van der Waals surface area contributed by atoms with Crippen LogP contribution in [0.25, 0.3) is 0 Å². The van der Waals surface area contributed by atoms with Crippen molar-refractivity contribution < 1.29 is 29.6 Å². The third-order valence-corrected chi connectivity index (χ3v) is 1.89. The maximum atomic E-state index is 13.1. The van der Waals surface area contributed by atoms with Crippen molar-refractivity contribution in [2.24, 2.45) is 0 Å². The molecule has 0 radical (unpaired) electrons. The molecular weight excluding hydrogens is 171 g/mol. The van der Waals surface area contributed by atoms with E-state index in [-0.39, 0.29) is 0 Å². The summed E-state index contributed by atoms with van der Waals surface area (Å²) in [5, 5.41) is 35.0. The van der Waals surface area contributed by atoms with Crippen molar-refractivity contribution in [3.63, 3.8) is 0 Å². The fourth-order valence-electron chi connectivity index (χ4n) is 1.13. The van der Waals surface area contributed by atoms with Gasteiger partial charge in [0.25, 0.3) is 5.85 Å². The number of hydrogen-bond acceptors (Lipinski definition) is 5.